The molecule has 3 aromatic rings. The minimum absolute atomic E-state index is 0.0886. The smallest absolute Gasteiger partial charge is 0.253 e. The summed E-state index contributed by atoms with van der Waals surface area (Å²) in [6.07, 6.45) is 1.23. The number of carbonyl (C=O) groups is 1. The van der Waals surface area contributed by atoms with Crippen LogP contribution in [0.25, 0.3) is 10.1 Å². The first kappa shape index (κ1) is 19.9. The van der Waals surface area contributed by atoms with Gasteiger partial charge in [-0.2, -0.15) is 0 Å². The van der Waals surface area contributed by atoms with E-state index in [2.05, 4.69) is 5.32 Å². The Bertz CT molecular complexity index is 993. The zero-order valence-electron chi connectivity index (χ0n) is 16.4. The molecule has 0 bridgehead atoms. The van der Waals surface area contributed by atoms with Gasteiger partial charge >= 0.3 is 0 Å². The summed E-state index contributed by atoms with van der Waals surface area (Å²) >= 11 is 1.60. The molecule has 152 valence electrons. The van der Waals surface area contributed by atoms with Gasteiger partial charge in [0.15, 0.2) is 0 Å². The van der Waals surface area contributed by atoms with Gasteiger partial charge in [-0.05, 0) is 43.5 Å². The highest BCUT2D eigenvalue weighted by molar-refractivity contribution is 7.19. The maximum atomic E-state index is 13.2. The van der Waals surface area contributed by atoms with Gasteiger partial charge in [0.1, 0.15) is 12.4 Å². The second-order valence-electron chi connectivity index (χ2n) is 7.47. The highest BCUT2D eigenvalue weighted by Gasteiger charge is 2.34. The third-order valence-corrected chi connectivity index (χ3v) is 6.53. The Morgan fingerprint density at radius 2 is 1.97 bits per heavy atom. The van der Waals surface area contributed by atoms with Gasteiger partial charge in [-0.15, -0.1) is 11.3 Å². The number of thiophene rings is 1. The molecule has 6 heteroatoms. The van der Waals surface area contributed by atoms with Crippen LogP contribution in [0.2, 0.25) is 0 Å². The van der Waals surface area contributed by atoms with Gasteiger partial charge in [-0.1, -0.05) is 30.3 Å². The summed E-state index contributed by atoms with van der Waals surface area (Å²) in [6, 6.07) is 15.9. The van der Waals surface area contributed by atoms with Crippen LogP contribution in [0.4, 0.5) is 0 Å². The number of aryl methyl sites for hydroxylation is 1. The van der Waals surface area contributed by atoms with Crippen molar-refractivity contribution in [2.45, 2.75) is 31.9 Å². The zero-order chi connectivity index (χ0) is 20.3. The lowest BCUT2D eigenvalue weighted by Crippen LogP contribution is -2.54. The van der Waals surface area contributed by atoms with Crippen LogP contribution in [-0.2, 0) is 11.3 Å². The number of hydrogen-bond acceptors (Lipinski definition) is 5. The zero-order valence-corrected chi connectivity index (χ0v) is 17.3. The van der Waals surface area contributed by atoms with E-state index in [0.29, 0.717) is 38.2 Å². The quantitative estimate of drug-likeness (QED) is 0.642. The highest BCUT2D eigenvalue weighted by Crippen LogP contribution is 2.34. The summed E-state index contributed by atoms with van der Waals surface area (Å²) in [5.74, 6) is 0.584. The molecule has 4 rings (SSSR count). The molecule has 1 saturated heterocycles. The molecule has 0 unspecified atom stereocenters. The number of ether oxygens (including phenoxy) is 2. The van der Waals surface area contributed by atoms with Crippen molar-refractivity contribution < 1.29 is 19.4 Å². The van der Waals surface area contributed by atoms with Crippen LogP contribution in [0.3, 0.4) is 0 Å². The first-order chi connectivity index (χ1) is 14.1. The van der Waals surface area contributed by atoms with Crippen LogP contribution >= 0.6 is 11.3 Å². The number of amides is 1. The summed E-state index contributed by atoms with van der Waals surface area (Å²) in [6.45, 7) is 3.43. The Balaban J connectivity index is 1.58. The average Bonchev–Trinajstić information content (AvgIpc) is 3.08. The van der Waals surface area contributed by atoms with Gasteiger partial charge in [0.2, 0.25) is 0 Å². The van der Waals surface area contributed by atoms with Gasteiger partial charge in [0.05, 0.1) is 17.7 Å². The molecular formula is C23H25NO4S. The minimum Gasteiger partial charge on any atom is -0.489 e. The number of carbonyl (C=O) groups excluding carboxylic acids is 1. The van der Waals surface area contributed by atoms with Gasteiger partial charge in [-0.25, -0.2) is 0 Å². The topological polar surface area (TPSA) is 67.8 Å². The predicted molar refractivity (Wildman–Crippen MR) is 115 cm³/mol. The Morgan fingerprint density at radius 1 is 1.21 bits per heavy atom. The van der Waals surface area contributed by atoms with E-state index in [9.17, 15) is 9.90 Å². The van der Waals surface area contributed by atoms with E-state index in [1.807, 2.05) is 55.5 Å². The predicted octanol–water partition coefficient (Wildman–Crippen LogP) is 4.06. The molecule has 1 amide bonds. The van der Waals surface area contributed by atoms with E-state index in [4.69, 9.17) is 9.47 Å². The lowest BCUT2D eigenvalue weighted by atomic mass is 9.90. The number of aliphatic hydroxyl groups is 1. The summed E-state index contributed by atoms with van der Waals surface area (Å²) in [4.78, 5) is 14.1. The highest BCUT2D eigenvalue weighted by atomic mass is 32.1. The van der Waals surface area contributed by atoms with Gasteiger partial charge in [0, 0.05) is 28.2 Å². The van der Waals surface area contributed by atoms with Gasteiger partial charge in [0.25, 0.3) is 5.91 Å². The maximum Gasteiger partial charge on any atom is 0.253 e. The fourth-order valence-electron chi connectivity index (χ4n) is 3.70. The van der Waals surface area contributed by atoms with Crippen LogP contribution < -0.4 is 10.1 Å². The maximum absolute atomic E-state index is 13.2. The third-order valence-electron chi connectivity index (χ3n) is 5.44. The van der Waals surface area contributed by atoms with E-state index in [-0.39, 0.29) is 12.5 Å². The molecular weight excluding hydrogens is 386 g/mol. The number of rotatable bonds is 6. The lowest BCUT2D eigenvalue weighted by Gasteiger charge is -2.36. The number of benzene rings is 2. The normalized spacial score (nSPS) is 15.9. The second kappa shape index (κ2) is 8.53. The molecule has 0 radical (unpaired) electrons. The van der Waals surface area contributed by atoms with Crippen LogP contribution in [-0.4, -0.2) is 36.4 Å². The van der Waals surface area contributed by atoms with Crippen molar-refractivity contribution >= 4 is 27.3 Å². The number of aliphatic hydroxyl groups excluding tert-OH is 1. The van der Waals surface area contributed by atoms with Crippen molar-refractivity contribution in [3.63, 3.8) is 0 Å². The van der Waals surface area contributed by atoms with Crippen molar-refractivity contribution in [3.8, 4) is 5.75 Å². The molecule has 0 spiro atoms. The SMILES string of the molecule is Cc1sc2ccc(OCc3ccccc3)cc2c1C(=O)NC1(CO)CCOCC1. The fraction of sp³-hybridized carbons (Fsp3) is 0.348. The van der Waals surface area contributed by atoms with Gasteiger partial charge in [-0.3, -0.25) is 4.79 Å². The molecule has 0 saturated carbocycles. The Morgan fingerprint density at radius 3 is 2.69 bits per heavy atom. The lowest BCUT2D eigenvalue weighted by molar-refractivity contribution is 0.0126. The van der Waals surface area contributed by atoms with Crippen molar-refractivity contribution in [2.75, 3.05) is 19.8 Å². The first-order valence-electron chi connectivity index (χ1n) is 9.81. The molecule has 2 heterocycles. The second-order valence-corrected chi connectivity index (χ2v) is 8.73. The van der Waals surface area contributed by atoms with Crippen LogP contribution in [0.15, 0.2) is 48.5 Å². The third kappa shape index (κ3) is 4.29. The van der Waals surface area contributed by atoms with E-state index >= 15 is 0 Å². The minimum atomic E-state index is -0.614. The Kier molecular flexibility index (Phi) is 5.85. The summed E-state index contributed by atoms with van der Waals surface area (Å²) in [5.41, 5.74) is 1.14. The molecule has 1 aliphatic rings. The van der Waals surface area contributed by atoms with Gasteiger partial charge < -0.3 is 19.9 Å². The van der Waals surface area contributed by atoms with Crippen LogP contribution in [0, 0.1) is 6.92 Å². The monoisotopic (exact) mass is 411 g/mol. The summed E-state index contributed by atoms with van der Waals surface area (Å²) in [5, 5.41) is 13.9. The number of nitrogens with one attached hydrogen (secondary N) is 1. The summed E-state index contributed by atoms with van der Waals surface area (Å²) in [7, 11) is 0. The summed E-state index contributed by atoms with van der Waals surface area (Å²) < 4.78 is 12.4. The van der Waals surface area contributed by atoms with E-state index < -0.39 is 5.54 Å². The molecule has 0 aliphatic carbocycles. The van der Waals surface area contributed by atoms with E-state index in [0.717, 1.165) is 26.3 Å². The van der Waals surface area contributed by atoms with Crippen molar-refractivity contribution in [2.24, 2.45) is 0 Å². The first-order valence-corrected chi connectivity index (χ1v) is 10.6. The molecule has 5 nitrogen and oxygen atoms in total. The molecule has 29 heavy (non-hydrogen) atoms. The molecule has 1 aromatic heterocycles. The van der Waals surface area contributed by atoms with Crippen LogP contribution in [0.1, 0.15) is 33.6 Å². The van der Waals surface area contributed by atoms with Crippen molar-refractivity contribution in [1.29, 1.82) is 0 Å². The molecule has 2 aromatic carbocycles. The van der Waals surface area contributed by atoms with Crippen molar-refractivity contribution in [1.82, 2.24) is 5.32 Å². The Hall–Kier alpha value is -2.41. The van der Waals surface area contributed by atoms with E-state index in [1.165, 1.54) is 0 Å². The molecule has 0 atom stereocenters. The van der Waals surface area contributed by atoms with E-state index in [1.54, 1.807) is 11.3 Å². The molecule has 2 N–H and O–H groups in total. The number of hydrogen-bond donors (Lipinski definition) is 2. The Labute approximate surface area is 174 Å². The van der Waals surface area contributed by atoms with Crippen LogP contribution in [0.5, 0.6) is 5.75 Å². The number of fused-ring (bicyclic) bond motifs is 1. The molecule has 1 fully saturated rings. The fourth-order valence-corrected chi connectivity index (χ4v) is 4.74. The average molecular weight is 412 g/mol. The molecule has 1 aliphatic heterocycles. The van der Waals surface area contributed by atoms with Crippen molar-refractivity contribution in [3.05, 3.63) is 64.5 Å². The standard InChI is InChI=1S/C23H25NO4S/c1-16-21(22(26)24-23(15-25)9-11-27-12-10-23)19-13-18(7-8-20(19)29-16)28-14-17-5-3-2-4-6-17/h2-8,13,25H,9-12,14-15H2,1H3,(H,24,26). The largest absolute Gasteiger partial charge is 0.489 e.